The summed E-state index contributed by atoms with van der Waals surface area (Å²) in [6.45, 7) is 3.29. The van der Waals surface area contributed by atoms with Gasteiger partial charge in [-0.05, 0) is 25.0 Å². The van der Waals surface area contributed by atoms with Crippen LogP contribution >= 0.6 is 0 Å². The molecule has 3 amide bonds. The van der Waals surface area contributed by atoms with Gasteiger partial charge in [0.25, 0.3) is 5.91 Å². The molecular formula is C19H29N3O4. The van der Waals surface area contributed by atoms with Crippen molar-refractivity contribution in [3.8, 4) is 0 Å². The van der Waals surface area contributed by atoms with Gasteiger partial charge < -0.3 is 20.3 Å². The van der Waals surface area contributed by atoms with Crippen molar-refractivity contribution >= 4 is 17.7 Å². The maximum absolute atomic E-state index is 12.7. The molecule has 1 rings (SSSR count). The lowest BCUT2D eigenvalue weighted by molar-refractivity contribution is -0.124. The second-order valence-electron chi connectivity index (χ2n) is 5.93. The molecule has 0 saturated heterocycles. The van der Waals surface area contributed by atoms with Crippen molar-refractivity contribution in [2.45, 2.75) is 26.2 Å². The van der Waals surface area contributed by atoms with E-state index in [0.29, 0.717) is 31.7 Å². The summed E-state index contributed by atoms with van der Waals surface area (Å²) in [4.78, 5) is 38.1. The topological polar surface area (TPSA) is 87.7 Å². The number of hydrogen-bond donors (Lipinski definition) is 2. The molecule has 1 aromatic rings. The number of amides is 3. The number of unbranched alkanes of at least 4 members (excludes halogenated alkanes) is 1. The molecule has 144 valence electrons. The molecule has 0 atom stereocenters. The monoisotopic (exact) mass is 363 g/mol. The molecule has 0 spiro atoms. The number of ether oxygens (including phenoxy) is 1. The molecular weight excluding hydrogens is 334 g/mol. The highest BCUT2D eigenvalue weighted by atomic mass is 16.5. The predicted octanol–water partition coefficient (Wildman–Crippen LogP) is 1.20. The van der Waals surface area contributed by atoms with E-state index in [2.05, 4.69) is 10.6 Å². The van der Waals surface area contributed by atoms with Crippen molar-refractivity contribution in [2.75, 3.05) is 39.9 Å². The van der Waals surface area contributed by atoms with Gasteiger partial charge in [0, 0.05) is 32.4 Å². The van der Waals surface area contributed by atoms with Crippen molar-refractivity contribution in [1.29, 1.82) is 0 Å². The third-order valence-corrected chi connectivity index (χ3v) is 3.68. The minimum atomic E-state index is -0.344. The van der Waals surface area contributed by atoms with Gasteiger partial charge in [-0.2, -0.15) is 0 Å². The van der Waals surface area contributed by atoms with Gasteiger partial charge in [0.2, 0.25) is 11.8 Å². The van der Waals surface area contributed by atoms with Crippen LogP contribution in [0.4, 0.5) is 0 Å². The van der Waals surface area contributed by atoms with Crippen LogP contribution in [0.2, 0.25) is 0 Å². The van der Waals surface area contributed by atoms with Crippen LogP contribution in [0.15, 0.2) is 30.3 Å². The van der Waals surface area contributed by atoms with E-state index in [1.54, 1.807) is 37.4 Å². The van der Waals surface area contributed by atoms with Gasteiger partial charge >= 0.3 is 0 Å². The Kier molecular flexibility index (Phi) is 10.7. The van der Waals surface area contributed by atoms with Gasteiger partial charge in [0.1, 0.15) is 13.1 Å². The lowest BCUT2D eigenvalue weighted by Crippen LogP contribution is -2.46. The fourth-order valence-electron chi connectivity index (χ4n) is 2.27. The number of carbonyl (C=O) groups excluding carboxylic acids is 3. The Morgan fingerprint density at radius 1 is 0.962 bits per heavy atom. The van der Waals surface area contributed by atoms with Gasteiger partial charge in [-0.3, -0.25) is 14.4 Å². The third-order valence-electron chi connectivity index (χ3n) is 3.68. The average Bonchev–Trinajstić information content (AvgIpc) is 2.65. The number of nitrogens with zero attached hydrogens (tertiary/aromatic N) is 1. The Morgan fingerprint density at radius 3 is 2.08 bits per heavy atom. The highest BCUT2D eigenvalue weighted by Gasteiger charge is 2.21. The molecule has 7 nitrogen and oxygen atoms in total. The van der Waals surface area contributed by atoms with Crippen molar-refractivity contribution < 1.29 is 19.1 Å². The number of methoxy groups -OCH3 is 1. The zero-order chi connectivity index (χ0) is 19.2. The Balaban J connectivity index is 2.67. The number of hydrogen-bond acceptors (Lipinski definition) is 4. The molecule has 2 N–H and O–H groups in total. The first kappa shape index (κ1) is 21.6. The lowest BCUT2D eigenvalue weighted by atomic mass is 10.2. The number of nitrogens with one attached hydrogen (secondary N) is 2. The van der Waals surface area contributed by atoms with E-state index in [1.807, 2.05) is 6.92 Å². The van der Waals surface area contributed by atoms with Crippen LogP contribution in [0.3, 0.4) is 0 Å². The van der Waals surface area contributed by atoms with Crippen molar-refractivity contribution in [2.24, 2.45) is 0 Å². The fraction of sp³-hybridized carbons (Fsp3) is 0.526. The minimum absolute atomic E-state index is 0.150. The summed E-state index contributed by atoms with van der Waals surface area (Å²) >= 11 is 0. The highest BCUT2D eigenvalue weighted by Crippen LogP contribution is 2.04. The maximum Gasteiger partial charge on any atom is 0.254 e. The molecule has 0 radical (unpaired) electrons. The maximum atomic E-state index is 12.7. The number of rotatable bonds is 12. The van der Waals surface area contributed by atoms with E-state index in [4.69, 9.17) is 4.74 Å². The molecule has 0 heterocycles. The van der Waals surface area contributed by atoms with Crippen LogP contribution in [-0.4, -0.2) is 62.5 Å². The fourth-order valence-corrected chi connectivity index (χ4v) is 2.27. The zero-order valence-electron chi connectivity index (χ0n) is 15.6. The molecule has 0 saturated carbocycles. The van der Waals surface area contributed by atoms with E-state index < -0.39 is 0 Å². The van der Waals surface area contributed by atoms with Crippen LogP contribution in [-0.2, 0) is 14.3 Å². The zero-order valence-corrected chi connectivity index (χ0v) is 15.6. The van der Waals surface area contributed by atoms with Gasteiger partial charge in [0.05, 0.1) is 0 Å². The first-order valence-corrected chi connectivity index (χ1v) is 8.95. The standard InChI is InChI=1S/C19H29N3O4/c1-3-4-11-20-17(23)14-22(15-18(24)21-12-8-13-26-2)19(25)16-9-6-5-7-10-16/h5-7,9-10H,3-4,8,11-15H2,1-2H3,(H,20,23)(H,21,24). The van der Waals surface area contributed by atoms with E-state index in [0.717, 1.165) is 12.8 Å². The lowest BCUT2D eigenvalue weighted by Gasteiger charge is -2.22. The van der Waals surface area contributed by atoms with E-state index in [-0.39, 0.29) is 30.8 Å². The van der Waals surface area contributed by atoms with Gasteiger partial charge in [-0.15, -0.1) is 0 Å². The molecule has 0 aromatic heterocycles. The molecule has 0 aliphatic rings. The highest BCUT2D eigenvalue weighted by molar-refractivity contribution is 5.98. The van der Waals surface area contributed by atoms with Crippen LogP contribution in [0.25, 0.3) is 0 Å². The second-order valence-corrected chi connectivity index (χ2v) is 5.93. The number of carbonyl (C=O) groups is 3. The van der Waals surface area contributed by atoms with Crippen molar-refractivity contribution in [1.82, 2.24) is 15.5 Å². The summed E-state index contributed by atoms with van der Waals surface area (Å²) in [6, 6.07) is 8.64. The Hall–Kier alpha value is -2.41. The first-order valence-electron chi connectivity index (χ1n) is 8.95. The van der Waals surface area contributed by atoms with Crippen LogP contribution < -0.4 is 10.6 Å². The van der Waals surface area contributed by atoms with E-state index in [1.165, 1.54) is 4.90 Å². The summed E-state index contributed by atoms with van der Waals surface area (Å²) in [5.74, 6) is -0.912. The van der Waals surface area contributed by atoms with Crippen LogP contribution in [0.1, 0.15) is 36.5 Å². The molecule has 0 aliphatic carbocycles. The Labute approximate surface area is 155 Å². The summed E-state index contributed by atoms with van der Waals surface area (Å²) in [7, 11) is 1.60. The van der Waals surface area contributed by atoms with Gasteiger partial charge in [0.15, 0.2) is 0 Å². The normalized spacial score (nSPS) is 10.2. The van der Waals surface area contributed by atoms with E-state index >= 15 is 0 Å². The summed E-state index contributed by atoms with van der Waals surface area (Å²) < 4.78 is 4.93. The van der Waals surface area contributed by atoms with Crippen molar-refractivity contribution in [3.63, 3.8) is 0 Å². The molecule has 7 heteroatoms. The summed E-state index contributed by atoms with van der Waals surface area (Å²) in [5.41, 5.74) is 0.445. The largest absolute Gasteiger partial charge is 0.385 e. The van der Waals surface area contributed by atoms with E-state index in [9.17, 15) is 14.4 Å². The molecule has 0 aliphatic heterocycles. The second kappa shape index (κ2) is 12.9. The Bertz CT molecular complexity index is 563. The summed E-state index contributed by atoms with van der Waals surface area (Å²) in [5, 5.41) is 5.51. The average molecular weight is 363 g/mol. The molecule has 1 aromatic carbocycles. The molecule has 26 heavy (non-hydrogen) atoms. The van der Waals surface area contributed by atoms with Gasteiger partial charge in [-0.25, -0.2) is 0 Å². The third kappa shape index (κ3) is 8.62. The van der Waals surface area contributed by atoms with Crippen LogP contribution in [0, 0.1) is 0 Å². The quantitative estimate of drug-likeness (QED) is 0.546. The van der Waals surface area contributed by atoms with Crippen molar-refractivity contribution in [3.05, 3.63) is 35.9 Å². The number of benzene rings is 1. The summed E-state index contributed by atoms with van der Waals surface area (Å²) in [6.07, 6.45) is 2.53. The van der Waals surface area contributed by atoms with Gasteiger partial charge in [-0.1, -0.05) is 31.5 Å². The first-order chi connectivity index (χ1) is 12.6. The molecule has 0 fully saturated rings. The SMILES string of the molecule is CCCCNC(=O)CN(CC(=O)NCCCOC)C(=O)c1ccccc1. The van der Waals surface area contributed by atoms with Crippen LogP contribution in [0.5, 0.6) is 0 Å². The Morgan fingerprint density at radius 2 is 1.54 bits per heavy atom. The smallest absolute Gasteiger partial charge is 0.254 e. The predicted molar refractivity (Wildman–Crippen MR) is 99.8 cm³/mol. The molecule has 0 bridgehead atoms. The minimum Gasteiger partial charge on any atom is -0.385 e. The molecule has 0 unspecified atom stereocenters.